The van der Waals surface area contributed by atoms with Crippen molar-refractivity contribution in [3.05, 3.63) is 34.9 Å². The van der Waals surface area contributed by atoms with Crippen LogP contribution in [-0.2, 0) is 4.74 Å². The Kier molecular flexibility index (Phi) is 6.49. The van der Waals surface area contributed by atoms with Crippen molar-refractivity contribution in [2.75, 3.05) is 34.4 Å². The summed E-state index contributed by atoms with van der Waals surface area (Å²) in [5, 5.41) is 3.41. The molecule has 0 fully saturated rings. The van der Waals surface area contributed by atoms with Gasteiger partial charge in [-0.2, -0.15) is 0 Å². The molecule has 1 aromatic rings. The molecule has 0 bridgehead atoms. The molecule has 2 atom stereocenters. The molecule has 2 unspecified atom stereocenters. The maximum Gasteiger partial charge on any atom is 0.0615 e. The molecule has 0 saturated heterocycles. The van der Waals surface area contributed by atoms with Crippen LogP contribution in [0.25, 0.3) is 0 Å². The number of hydrogen-bond donors (Lipinski definition) is 1. The zero-order valence-corrected chi connectivity index (χ0v) is 13.2. The highest BCUT2D eigenvalue weighted by Gasteiger charge is 2.16. The summed E-state index contributed by atoms with van der Waals surface area (Å²) in [7, 11) is 5.92. The normalized spacial score (nSPS) is 14.7. The lowest BCUT2D eigenvalue weighted by Crippen LogP contribution is -2.38. The quantitative estimate of drug-likeness (QED) is 0.819. The van der Waals surface area contributed by atoms with Crippen molar-refractivity contribution in [2.24, 2.45) is 0 Å². The SMILES string of the molecule is CNC(CN(C)C(C)COC)c1ccc(C)c(C)c1. The molecule has 0 amide bonds. The molecule has 3 nitrogen and oxygen atoms in total. The lowest BCUT2D eigenvalue weighted by molar-refractivity contribution is 0.110. The van der Waals surface area contributed by atoms with E-state index in [4.69, 9.17) is 4.74 Å². The Morgan fingerprint density at radius 1 is 1.26 bits per heavy atom. The van der Waals surface area contributed by atoms with Gasteiger partial charge in [0.15, 0.2) is 0 Å². The Balaban J connectivity index is 2.74. The van der Waals surface area contributed by atoms with Crippen LogP contribution in [0.2, 0.25) is 0 Å². The van der Waals surface area contributed by atoms with E-state index in [0.29, 0.717) is 12.1 Å². The van der Waals surface area contributed by atoms with E-state index in [1.54, 1.807) is 7.11 Å². The van der Waals surface area contributed by atoms with Crippen LogP contribution in [0, 0.1) is 13.8 Å². The predicted octanol–water partition coefficient (Wildman–Crippen LogP) is 2.53. The Morgan fingerprint density at radius 2 is 1.95 bits per heavy atom. The maximum atomic E-state index is 5.22. The van der Waals surface area contributed by atoms with Gasteiger partial charge in [0.1, 0.15) is 0 Å². The van der Waals surface area contributed by atoms with Crippen LogP contribution in [0.15, 0.2) is 18.2 Å². The first kappa shape index (κ1) is 16.2. The van der Waals surface area contributed by atoms with Crippen LogP contribution < -0.4 is 5.32 Å². The number of nitrogens with one attached hydrogen (secondary N) is 1. The molecule has 108 valence electrons. The minimum atomic E-state index is 0.351. The molecule has 19 heavy (non-hydrogen) atoms. The largest absolute Gasteiger partial charge is 0.383 e. The van der Waals surface area contributed by atoms with Crippen molar-refractivity contribution >= 4 is 0 Å². The highest BCUT2D eigenvalue weighted by Crippen LogP contribution is 2.18. The number of benzene rings is 1. The molecule has 0 saturated carbocycles. The van der Waals surface area contributed by atoms with Crippen LogP contribution in [0.3, 0.4) is 0 Å². The molecular formula is C16H28N2O. The van der Waals surface area contributed by atoms with Crippen molar-refractivity contribution < 1.29 is 4.74 Å². The molecule has 0 aromatic heterocycles. The molecule has 0 spiro atoms. The maximum absolute atomic E-state index is 5.22. The Morgan fingerprint density at radius 3 is 2.47 bits per heavy atom. The average Bonchev–Trinajstić information content (AvgIpc) is 2.39. The summed E-state index contributed by atoms with van der Waals surface area (Å²) < 4.78 is 5.22. The molecule has 3 heteroatoms. The third-order valence-corrected chi connectivity index (χ3v) is 3.91. The van der Waals surface area contributed by atoms with Gasteiger partial charge in [-0.05, 0) is 51.6 Å². The van der Waals surface area contributed by atoms with Gasteiger partial charge < -0.3 is 10.1 Å². The van der Waals surface area contributed by atoms with Crippen molar-refractivity contribution in [1.82, 2.24) is 10.2 Å². The van der Waals surface area contributed by atoms with Gasteiger partial charge in [0, 0.05) is 25.7 Å². The van der Waals surface area contributed by atoms with E-state index in [2.05, 4.69) is 56.2 Å². The van der Waals surface area contributed by atoms with Crippen molar-refractivity contribution in [1.29, 1.82) is 0 Å². The van der Waals surface area contributed by atoms with Gasteiger partial charge in [-0.3, -0.25) is 4.90 Å². The van der Waals surface area contributed by atoms with Crippen LogP contribution in [0.4, 0.5) is 0 Å². The third-order valence-electron chi connectivity index (χ3n) is 3.91. The molecule has 0 aliphatic rings. The number of rotatable bonds is 7. The second kappa shape index (κ2) is 7.63. The zero-order valence-electron chi connectivity index (χ0n) is 13.2. The van der Waals surface area contributed by atoms with Gasteiger partial charge in [-0.15, -0.1) is 0 Å². The minimum absolute atomic E-state index is 0.351. The number of nitrogens with zero attached hydrogens (tertiary/aromatic N) is 1. The van der Waals surface area contributed by atoms with Gasteiger partial charge in [-0.25, -0.2) is 0 Å². The summed E-state index contributed by atoms with van der Waals surface area (Å²) >= 11 is 0. The number of hydrogen-bond acceptors (Lipinski definition) is 3. The van der Waals surface area contributed by atoms with Crippen LogP contribution in [0.5, 0.6) is 0 Å². The van der Waals surface area contributed by atoms with Crippen LogP contribution in [0.1, 0.15) is 29.7 Å². The molecule has 0 heterocycles. The molecule has 1 rings (SSSR count). The van der Waals surface area contributed by atoms with E-state index >= 15 is 0 Å². The summed E-state index contributed by atoms with van der Waals surface area (Å²) in [6, 6.07) is 7.48. The number of likely N-dealkylation sites (N-methyl/N-ethyl adjacent to an activating group) is 2. The van der Waals surface area contributed by atoms with Crippen molar-refractivity contribution in [3.63, 3.8) is 0 Å². The highest BCUT2D eigenvalue weighted by molar-refractivity contribution is 5.31. The standard InChI is InChI=1S/C16H28N2O/c1-12-7-8-15(9-13(12)2)16(17-4)10-18(5)14(3)11-19-6/h7-9,14,16-17H,10-11H2,1-6H3. The van der Waals surface area contributed by atoms with E-state index in [1.165, 1.54) is 16.7 Å². The molecule has 1 N–H and O–H groups in total. The first-order chi connectivity index (χ1) is 8.99. The summed E-state index contributed by atoms with van der Waals surface area (Å²) in [5.41, 5.74) is 4.05. The Hall–Kier alpha value is -0.900. The average molecular weight is 264 g/mol. The van der Waals surface area contributed by atoms with Crippen molar-refractivity contribution in [2.45, 2.75) is 32.9 Å². The van der Waals surface area contributed by atoms with E-state index in [1.807, 2.05) is 7.05 Å². The van der Waals surface area contributed by atoms with Gasteiger partial charge in [0.25, 0.3) is 0 Å². The fourth-order valence-corrected chi connectivity index (χ4v) is 2.18. The summed E-state index contributed by atoms with van der Waals surface area (Å²) in [6.45, 7) is 8.25. The Bertz CT molecular complexity index is 392. The van der Waals surface area contributed by atoms with E-state index in [-0.39, 0.29) is 0 Å². The van der Waals surface area contributed by atoms with Crippen molar-refractivity contribution in [3.8, 4) is 0 Å². The molecule has 0 radical (unpaired) electrons. The monoisotopic (exact) mass is 264 g/mol. The first-order valence-electron chi connectivity index (χ1n) is 6.93. The second-order valence-electron chi connectivity index (χ2n) is 5.43. The van der Waals surface area contributed by atoms with Gasteiger partial charge >= 0.3 is 0 Å². The fourth-order valence-electron chi connectivity index (χ4n) is 2.18. The molecule has 0 aliphatic carbocycles. The fraction of sp³-hybridized carbons (Fsp3) is 0.625. The predicted molar refractivity (Wildman–Crippen MR) is 81.7 cm³/mol. The number of aryl methyl sites for hydroxylation is 2. The van der Waals surface area contributed by atoms with Gasteiger partial charge in [0.2, 0.25) is 0 Å². The zero-order chi connectivity index (χ0) is 14.4. The van der Waals surface area contributed by atoms with Crippen LogP contribution in [-0.4, -0.2) is 45.3 Å². The topological polar surface area (TPSA) is 24.5 Å². The minimum Gasteiger partial charge on any atom is -0.383 e. The molecule has 0 aliphatic heterocycles. The lowest BCUT2D eigenvalue weighted by Gasteiger charge is -2.29. The van der Waals surface area contributed by atoms with Gasteiger partial charge in [0.05, 0.1) is 6.61 Å². The Labute approximate surface area is 118 Å². The smallest absolute Gasteiger partial charge is 0.0615 e. The summed E-state index contributed by atoms with van der Waals surface area (Å²) in [4.78, 5) is 2.33. The van der Waals surface area contributed by atoms with E-state index < -0.39 is 0 Å². The lowest BCUT2D eigenvalue weighted by atomic mass is 10.0. The van der Waals surface area contributed by atoms with E-state index in [0.717, 1.165) is 13.2 Å². The van der Waals surface area contributed by atoms with Crippen LogP contribution >= 0.6 is 0 Å². The number of methoxy groups -OCH3 is 1. The molecular weight excluding hydrogens is 236 g/mol. The highest BCUT2D eigenvalue weighted by atomic mass is 16.5. The molecule has 1 aromatic carbocycles. The first-order valence-corrected chi connectivity index (χ1v) is 6.93. The van der Waals surface area contributed by atoms with Gasteiger partial charge in [-0.1, -0.05) is 18.2 Å². The van der Waals surface area contributed by atoms with E-state index in [9.17, 15) is 0 Å². The third kappa shape index (κ3) is 4.60. The summed E-state index contributed by atoms with van der Waals surface area (Å²) in [5.74, 6) is 0. The number of ether oxygens (including phenoxy) is 1. The summed E-state index contributed by atoms with van der Waals surface area (Å²) in [6.07, 6.45) is 0. The second-order valence-corrected chi connectivity index (χ2v) is 5.43.